The number of nitrogens with zero attached hydrogens (tertiary/aromatic N) is 4. The fourth-order valence-electron chi connectivity index (χ4n) is 4.07. The molecule has 0 spiro atoms. The Balaban J connectivity index is 1.50. The fraction of sp³-hybridized carbons (Fsp3) is 0.280. The first-order valence-corrected chi connectivity index (χ1v) is 12.4. The average Bonchev–Trinajstić information content (AvgIpc) is 3.45. The summed E-state index contributed by atoms with van der Waals surface area (Å²) in [5.74, 6) is 0.643. The normalized spacial score (nSPS) is 15.4. The number of rotatable bonds is 8. The number of thioether (sulfide) groups is 1. The van der Waals surface area contributed by atoms with E-state index in [1.165, 1.54) is 11.8 Å². The van der Waals surface area contributed by atoms with Gasteiger partial charge < -0.3 is 14.8 Å². The van der Waals surface area contributed by atoms with Crippen molar-refractivity contribution in [3.05, 3.63) is 83.2 Å². The van der Waals surface area contributed by atoms with Gasteiger partial charge in [0.1, 0.15) is 0 Å². The Hall–Kier alpha value is -3.10. The molecule has 1 fully saturated rings. The molecule has 3 aromatic rings. The SMILES string of the molecule is C=CCn1c(SCC(=O)Nc2cccc(C)c2)nnc1C1CCCN1C(=O)c1ccccc1Cl. The molecule has 1 saturated heterocycles. The van der Waals surface area contributed by atoms with Crippen molar-refractivity contribution in [2.75, 3.05) is 17.6 Å². The largest absolute Gasteiger partial charge is 0.328 e. The highest BCUT2D eigenvalue weighted by Gasteiger charge is 2.35. The van der Waals surface area contributed by atoms with Crippen LogP contribution >= 0.6 is 23.4 Å². The van der Waals surface area contributed by atoms with Gasteiger partial charge in [0.25, 0.3) is 5.91 Å². The minimum atomic E-state index is -0.216. The first-order chi connectivity index (χ1) is 16.5. The van der Waals surface area contributed by atoms with Crippen molar-refractivity contribution in [1.82, 2.24) is 19.7 Å². The topological polar surface area (TPSA) is 80.1 Å². The number of aromatic nitrogens is 3. The van der Waals surface area contributed by atoms with Gasteiger partial charge in [-0.15, -0.1) is 16.8 Å². The summed E-state index contributed by atoms with van der Waals surface area (Å²) in [7, 11) is 0. The third-order valence-corrected chi connectivity index (χ3v) is 6.90. The molecule has 0 radical (unpaired) electrons. The van der Waals surface area contributed by atoms with Gasteiger partial charge in [-0.25, -0.2) is 0 Å². The Labute approximate surface area is 208 Å². The van der Waals surface area contributed by atoms with Gasteiger partial charge in [-0.1, -0.05) is 53.7 Å². The zero-order valence-corrected chi connectivity index (χ0v) is 20.5. The molecule has 9 heteroatoms. The molecule has 1 aliphatic rings. The molecule has 2 aromatic carbocycles. The molecule has 1 atom stereocenters. The van der Waals surface area contributed by atoms with E-state index in [2.05, 4.69) is 22.1 Å². The van der Waals surface area contributed by atoms with Crippen molar-refractivity contribution >= 4 is 40.9 Å². The number of anilines is 1. The minimum Gasteiger partial charge on any atom is -0.328 e. The van der Waals surface area contributed by atoms with E-state index < -0.39 is 0 Å². The minimum absolute atomic E-state index is 0.118. The lowest BCUT2D eigenvalue weighted by molar-refractivity contribution is -0.113. The van der Waals surface area contributed by atoms with Crippen LogP contribution in [-0.4, -0.2) is 43.8 Å². The van der Waals surface area contributed by atoms with Gasteiger partial charge in [-0.05, 0) is 49.6 Å². The van der Waals surface area contributed by atoms with Crippen molar-refractivity contribution in [1.29, 1.82) is 0 Å². The van der Waals surface area contributed by atoms with Crippen LogP contribution in [0.15, 0.2) is 66.3 Å². The molecule has 1 aliphatic heterocycles. The molecule has 1 N–H and O–H groups in total. The van der Waals surface area contributed by atoms with Crippen molar-refractivity contribution in [3.63, 3.8) is 0 Å². The van der Waals surface area contributed by atoms with Crippen LogP contribution < -0.4 is 5.32 Å². The second kappa shape index (κ2) is 10.9. The van der Waals surface area contributed by atoms with E-state index in [9.17, 15) is 9.59 Å². The van der Waals surface area contributed by atoms with E-state index in [4.69, 9.17) is 11.6 Å². The smallest absolute Gasteiger partial charge is 0.255 e. The number of aryl methyl sites for hydroxylation is 1. The molecule has 2 heterocycles. The number of nitrogens with one attached hydrogen (secondary N) is 1. The van der Waals surface area contributed by atoms with Crippen LogP contribution in [0.1, 0.15) is 40.6 Å². The molecule has 1 unspecified atom stereocenters. The number of carbonyl (C=O) groups excluding carboxylic acids is 2. The maximum Gasteiger partial charge on any atom is 0.255 e. The number of hydrogen-bond donors (Lipinski definition) is 1. The Morgan fingerprint density at radius 3 is 2.82 bits per heavy atom. The Morgan fingerprint density at radius 1 is 1.24 bits per heavy atom. The number of amides is 2. The number of hydrogen-bond acceptors (Lipinski definition) is 5. The van der Waals surface area contributed by atoms with E-state index in [0.29, 0.717) is 34.7 Å². The first kappa shape index (κ1) is 24.0. The third-order valence-electron chi connectivity index (χ3n) is 5.61. The van der Waals surface area contributed by atoms with Gasteiger partial charge in [0.05, 0.1) is 22.4 Å². The van der Waals surface area contributed by atoms with Crippen LogP contribution in [0.3, 0.4) is 0 Å². The summed E-state index contributed by atoms with van der Waals surface area (Å²) in [4.78, 5) is 27.5. The van der Waals surface area contributed by atoms with Gasteiger partial charge >= 0.3 is 0 Å². The maximum absolute atomic E-state index is 13.2. The summed E-state index contributed by atoms with van der Waals surface area (Å²) < 4.78 is 1.93. The van der Waals surface area contributed by atoms with Gasteiger partial charge in [-0.2, -0.15) is 0 Å². The third kappa shape index (κ3) is 5.34. The number of halogens is 1. The van der Waals surface area contributed by atoms with Gasteiger partial charge in [0.2, 0.25) is 5.91 Å². The molecule has 2 amide bonds. The van der Waals surface area contributed by atoms with Crippen LogP contribution in [0.5, 0.6) is 0 Å². The van der Waals surface area contributed by atoms with Crippen LogP contribution in [0.25, 0.3) is 0 Å². The summed E-state index contributed by atoms with van der Waals surface area (Å²) in [5.41, 5.74) is 2.32. The average molecular weight is 496 g/mol. The van der Waals surface area contributed by atoms with E-state index in [0.717, 1.165) is 24.1 Å². The summed E-state index contributed by atoms with van der Waals surface area (Å²) in [5, 5.41) is 12.7. The molecular formula is C25H26ClN5O2S. The molecular weight excluding hydrogens is 470 g/mol. The number of benzene rings is 2. The number of likely N-dealkylation sites (tertiary alicyclic amines) is 1. The van der Waals surface area contributed by atoms with Crippen molar-refractivity contribution < 1.29 is 9.59 Å². The maximum atomic E-state index is 13.2. The van der Waals surface area contributed by atoms with Gasteiger partial charge in [0.15, 0.2) is 11.0 Å². The predicted molar refractivity (Wildman–Crippen MR) is 135 cm³/mol. The van der Waals surface area contributed by atoms with E-state index in [1.54, 1.807) is 30.3 Å². The summed E-state index contributed by atoms with van der Waals surface area (Å²) >= 11 is 7.59. The van der Waals surface area contributed by atoms with E-state index in [-0.39, 0.29) is 23.6 Å². The van der Waals surface area contributed by atoms with Crippen LogP contribution in [0.4, 0.5) is 5.69 Å². The second-order valence-corrected chi connectivity index (χ2v) is 9.43. The fourth-order valence-corrected chi connectivity index (χ4v) is 5.04. The molecule has 7 nitrogen and oxygen atoms in total. The molecule has 0 saturated carbocycles. The molecule has 0 aliphatic carbocycles. The summed E-state index contributed by atoms with van der Waals surface area (Å²) in [6.45, 7) is 6.94. The molecule has 1 aromatic heterocycles. The Kier molecular flexibility index (Phi) is 7.70. The molecule has 34 heavy (non-hydrogen) atoms. The van der Waals surface area contributed by atoms with Crippen molar-refractivity contribution in [3.8, 4) is 0 Å². The van der Waals surface area contributed by atoms with E-state index in [1.807, 2.05) is 40.7 Å². The zero-order chi connectivity index (χ0) is 24.1. The van der Waals surface area contributed by atoms with Crippen molar-refractivity contribution in [2.24, 2.45) is 0 Å². The van der Waals surface area contributed by atoms with Gasteiger partial charge in [-0.3, -0.25) is 9.59 Å². The highest BCUT2D eigenvalue weighted by atomic mass is 35.5. The molecule has 4 rings (SSSR count). The second-order valence-electron chi connectivity index (χ2n) is 8.08. The summed E-state index contributed by atoms with van der Waals surface area (Å²) in [6, 6.07) is 14.5. The molecule has 0 bridgehead atoms. The highest BCUT2D eigenvalue weighted by Crippen LogP contribution is 2.34. The lowest BCUT2D eigenvalue weighted by Crippen LogP contribution is -2.32. The highest BCUT2D eigenvalue weighted by molar-refractivity contribution is 7.99. The van der Waals surface area contributed by atoms with Crippen molar-refractivity contribution in [2.45, 2.75) is 37.5 Å². The predicted octanol–water partition coefficient (Wildman–Crippen LogP) is 5.13. The van der Waals surface area contributed by atoms with Crippen LogP contribution in [0, 0.1) is 6.92 Å². The van der Waals surface area contributed by atoms with Gasteiger partial charge in [0, 0.05) is 18.8 Å². The molecule has 176 valence electrons. The number of carbonyl (C=O) groups is 2. The number of allylic oxidation sites excluding steroid dienone is 1. The lowest BCUT2D eigenvalue weighted by atomic mass is 10.1. The Morgan fingerprint density at radius 2 is 2.06 bits per heavy atom. The van der Waals surface area contributed by atoms with E-state index >= 15 is 0 Å². The summed E-state index contributed by atoms with van der Waals surface area (Å²) in [6.07, 6.45) is 3.41. The lowest BCUT2D eigenvalue weighted by Gasteiger charge is -2.25. The van der Waals surface area contributed by atoms with Crippen LogP contribution in [-0.2, 0) is 11.3 Å². The first-order valence-electron chi connectivity index (χ1n) is 11.1. The Bertz CT molecular complexity index is 1210. The quantitative estimate of drug-likeness (QED) is 0.346. The van der Waals surface area contributed by atoms with Crippen LogP contribution in [0.2, 0.25) is 5.02 Å². The standard InChI is InChI=1S/C25H26ClN5O2S/c1-3-13-31-23(21-12-7-14-30(21)24(33)19-10-4-5-11-20(19)26)28-29-25(31)34-16-22(32)27-18-9-6-8-17(2)15-18/h3-6,8-11,15,21H,1,7,12-14,16H2,2H3,(H,27,32). The zero-order valence-electron chi connectivity index (χ0n) is 18.9. The monoisotopic (exact) mass is 495 g/mol.